The van der Waals surface area contributed by atoms with Crippen LogP contribution in [0.4, 0.5) is 0 Å². The topological polar surface area (TPSA) is 26.3 Å². The number of ether oxygens (including phenoxy) is 1. The van der Waals surface area contributed by atoms with Crippen molar-refractivity contribution in [3.8, 4) is 0 Å². The summed E-state index contributed by atoms with van der Waals surface area (Å²) in [5, 5.41) is 0. The van der Waals surface area contributed by atoms with Gasteiger partial charge >= 0.3 is 0 Å². The average molecular weight is 206 g/mol. The molecule has 0 unspecified atom stereocenters. The third kappa shape index (κ3) is 3.17. The first-order chi connectivity index (χ1) is 6.95. The van der Waals surface area contributed by atoms with Crippen LogP contribution in [0, 0.1) is 6.92 Å². The molecule has 1 rings (SSSR count). The second-order valence-corrected chi connectivity index (χ2v) is 4.30. The number of ketones is 1. The lowest BCUT2D eigenvalue weighted by molar-refractivity contribution is -0.136. The molecule has 1 aromatic carbocycles. The first-order valence-electron chi connectivity index (χ1n) is 5.09. The molecule has 2 nitrogen and oxygen atoms in total. The van der Waals surface area contributed by atoms with E-state index in [-0.39, 0.29) is 5.78 Å². The predicted molar refractivity (Wildman–Crippen MR) is 61.0 cm³/mol. The summed E-state index contributed by atoms with van der Waals surface area (Å²) in [6, 6.07) is 7.99. The van der Waals surface area contributed by atoms with Crippen LogP contribution in [0.5, 0.6) is 0 Å². The van der Waals surface area contributed by atoms with Gasteiger partial charge in [0.05, 0.1) is 0 Å². The Kier molecular flexibility index (Phi) is 3.64. The lowest BCUT2D eigenvalue weighted by atomic mass is 9.96. The largest absolute Gasteiger partial charge is 0.371 e. The van der Waals surface area contributed by atoms with Crippen molar-refractivity contribution < 1.29 is 9.53 Å². The maximum atomic E-state index is 11.9. The van der Waals surface area contributed by atoms with Crippen molar-refractivity contribution in [2.75, 3.05) is 7.11 Å². The smallest absolute Gasteiger partial charge is 0.168 e. The van der Waals surface area contributed by atoms with Crippen LogP contribution in [0.25, 0.3) is 0 Å². The molecule has 0 aliphatic rings. The molecule has 0 atom stereocenters. The Morgan fingerprint density at radius 1 is 1.40 bits per heavy atom. The van der Waals surface area contributed by atoms with Crippen LogP contribution < -0.4 is 0 Å². The van der Waals surface area contributed by atoms with Gasteiger partial charge in [-0.3, -0.25) is 4.79 Å². The van der Waals surface area contributed by atoms with Gasteiger partial charge in [-0.15, -0.1) is 0 Å². The second kappa shape index (κ2) is 4.58. The van der Waals surface area contributed by atoms with Crippen molar-refractivity contribution in [3.05, 3.63) is 35.4 Å². The second-order valence-electron chi connectivity index (χ2n) is 4.30. The van der Waals surface area contributed by atoms with E-state index in [2.05, 4.69) is 0 Å². The summed E-state index contributed by atoms with van der Waals surface area (Å²) in [6.07, 6.45) is 0.433. The fourth-order valence-electron chi connectivity index (χ4n) is 1.33. The molecule has 0 radical (unpaired) electrons. The number of hydrogen-bond donors (Lipinski definition) is 0. The van der Waals surface area contributed by atoms with Crippen molar-refractivity contribution in [1.82, 2.24) is 0 Å². The Balaban J connectivity index is 2.75. The van der Waals surface area contributed by atoms with Gasteiger partial charge in [0, 0.05) is 13.5 Å². The van der Waals surface area contributed by atoms with Crippen LogP contribution >= 0.6 is 0 Å². The van der Waals surface area contributed by atoms with Crippen molar-refractivity contribution >= 4 is 5.78 Å². The first-order valence-corrected chi connectivity index (χ1v) is 5.09. The third-order valence-corrected chi connectivity index (χ3v) is 2.63. The summed E-state index contributed by atoms with van der Waals surface area (Å²) in [6.45, 7) is 5.62. The Morgan fingerprint density at radius 2 is 2.07 bits per heavy atom. The van der Waals surface area contributed by atoms with Gasteiger partial charge in [-0.25, -0.2) is 0 Å². The van der Waals surface area contributed by atoms with Gasteiger partial charge < -0.3 is 4.74 Å². The zero-order chi connectivity index (χ0) is 11.5. The predicted octanol–water partition coefficient (Wildman–Crippen LogP) is 2.53. The number of methoxy groups -OCH3 is 1. The highest BCUT2D eigenvalue weighted by Crippen LogP contribution is 2.14. The van der Waals surface area contributed by atoms with E-state index in [1.807, 2.05) is 31.2 Å². The average Bonchev–Trinajstić information content (AvgIpc) is 2.17. The van der Waals surface area contributed by atoms with Crippen molar-refractivity contribution in [2.24, 2.45) is 0 Å². The number of benzene rings is 1. The Labute approximate surface area is 91.3 Å². The molecule has 0 aliphatic heterocycles. The molecule has 0 fully saturated rings. The molecule has 2 heteroatoms. The number of carbonyl (C=O) groups is 1. The molecule has 15 heavy (non-hydrogen) atoms. The summed E-state index contributed by atoms with van der Waals surface area (Å²) < 4.78 is 5.15. The fraction of sp³-hybridized carbons (Fsp3) is 0.462. The van der Waals surface area contributed by atoms with E-state index >= 15 is 0 Å². The van der Waals surface area contributed by atoms with Crippen LogP contribution in [0.1, 0.15) is 25.0 Å². The Morgan fingerprint density at radius 3 is 2.60 bits per heavy atom. The normalized spacial score (nSPS) is 11.5. The van der Waals surface area contributed by atoms with Crippen LogP contribution in [0.15, 0.2) is 24.3 Å². The molecule has 0 bridgehead atoms. The van der Waals surface area contributed by atoms with E-state index in [0.717, 1.165) is 5.56 Å². The van der Waals surface area contributed by atoms with Crippen LogP contribution in [0.2, 0.25) is 0 Å². The maximum Gasteiger partial charge on any atom is 0.168 e. The number of carbonyl (C=O) groups excluding carboxylic acids is 1. The van der Waals surface area contributed by atoms with Crippen LogP contribution in [-0.2, 0) is 16.0 Å². The molecular formula is C13H18O2. The minimum absolute atomic E-state index is 0.107. The number of aryl methyl sites for hydroxylation is 1. The van der Waals surface area contributed by atoms with Crippen LogP contribution in [0.3, 0.4) is 0 Å². The Bertz CT molecular complexity index is 353. The van der Waals surface area contributed by atoms with Gasteiger partial charge in [-0.05, 0) is 26.3 Å². The fourth-order valence-corrected chi connectivity index (χ4v) is 1.33. The zero-order valence-electron chi connectivity index (χ0n) is 9.83. The van der Waals surface area contributed by atoms with E-state index in [1.165, 1.54) is 5.56 Å². The van der Waals surface area contributed by atoms with Crippen molar-refractivity contribution in [2.45, 2.75) is 32.8 Å². The molecule has 0 aromatic heterocycles. The molecule has 82 valence electrons. The molecule has 0 heterocycles. The molecular weight excluding hydrogens is 188 g/mol. The van der Waals surface area contributed by atoms with Gasteiger partial charge in [0.1, 0.15) is 5.60 Å². The summed E-state index contributed by atoms with van der Waals surface area (Å²) in [5.41, 5.74) is 1.53. The highest BCUT2D eigenvalue weighted by atomic mass is 16.5. The molecule has 0 aliphatic carbocycles. The number of hydrogen-bond acceptors (Lipinski definition) is 2. The zero-order valence-corrected chi connectivity index (χ0v) is 9.83. The van der Waals surface area contributed by atoms with E-state index < -0.39 is 5.60 Å². The van der Waals surface area contributed by atoms with E-state index in [1.54, 1.807) is 21.0 Å². The highest BCUT2D eigenvalue weighted by Gasteiger charge is 2.26. The van der Waals surface area contributed by atoms with Gasteiger partial charge in [-0.1, -0.05) is 29.8 Å². The summed E-state index contributed by atoms with van der Waals surface area (Å²) in [5.74, 6) is 0.107. The molecule has 1 aromatic rings. The molecule has 0 spiro atoms. The van der Waals surface area contributed by atoms with Gasteiger partial charge in [0.2, 0.25) is 0 Å². The third-order valence-electron chi connectivity index (χ3n) is 2.63. The standard InChI is InChI=1S/C13H18O2/c1-10-6-5-7-11(8-10)9-12(14)13(2,3)15-4/h5-8H,9H2,1-4H3. The van der Waals surface area contributed by atoms with Gasteiger partial charge in [0.25, 0.3) is 0 Å². The molecule has 0 saturated heterocycles. The highest BCUT2D eigenvalue weighted by molar-refractivity contribution is 5.88. The van der Waals surface area contributed by atoms with Crippen molar-refractivity contribution in [3.63, 3.8) is 0 Å². The van der Waals surface area contributed by atoms with E-state index in [4.69, 9.17) is 4.74 Å². The van der Waals surface area contributed by atoms with E-state index in [0.29, 0.717) is 6.42 Å². The lowest BCUT2D eigenvalue weighted by Crippen LogP contribution is -2.35. The monoisotopic (exact) mass is 206 g/mol. The first kappa shape index (κ1) is 11.9. The maximum absolute atomic E-state index is 11.9. The summed E-state index contributed by atoms with van der Waals surface area (Å²) >= 11 is 0. The minimum Gasteiger partial charge on any atom is -0.371 e. The molecule has 0 amide bonds. The van der Waals surface area contributed by atoms with Crippen LogP contribution in [-0.4, -0.2) is 18.5 Å². The SMILES string of the molecule is COC(C)(C)C(=O)Cc1cccc(C)c1. The lowest BCUT2D eigenvalue weighted by Gasteiger charge is -2.21. The number of Topliss-reactive ketones (excluding diaryl/α,β-unsaturated/α-hetero) is 1. The quantitative estimate of drug-likeness (QED) is 0.756. The Hall–Kier alpha value is -1.15. The minimum atomic E-state index is -0.691. The summed E-state index contributed by atoms with van der Waals surface area (Å²) in [4.78, 5) is 11.9. The molecule has 0 saturated carbocycles. The summed E-state index contributed by atoms with van der Waals surface area (Å²) in [7, 11) is 1.56. The van der Waals surface area contributed by atoms with Gasteiger partial charge in [-0.2, -0.15) is 0 Å². The van der Waals surface area contributed by atoms with E-state index in [9.17, 15) is 4.79 Å². The van der Waals surface area contributed by atoms with Gasteiger partial charge in [0.15, 0.2) is 5.78 Å². The van der Waals surface area contributed by atoms with Crippen molar-refractivity contribution in [1.29, 1.82) is 0 Å². The molecule has 0 N–H and O–H groups in total. The number of rotatable bonds is 4.